The van der Waals surface area contributed by atoms with Crippen molar-refractivity contribution < 1.29 is 28.0 Å². The zero-order chi connectivity index (χ0) is 21.4. The highest BCUT2D eigenvalue weighted by molar-refractivity contribution is 7.48. The molecule has 30 heavy (non-hydrogen) atoms. The first-order chi connectivity index (χ1) is 14.4. The molecule has 162 valence electrons. The van der Waals surface area contributed by atoms with Crippen molar-refractivity contribution >= 4 is 19.6 Å². The van der Waals surface area contributed by atoms with E-state index in [0.717, 1.165) is 0 Å². The summed E-state index contributed by atoms with van der Waals surface area (Å²) in [6, 6.07) is 13.2. The van der Waals surface area contributed by atoms with Crippen molar-refractivity contribution in [3.8, 4) is 11.5 Å². The summed E-state index contributed by atoms with van der Waals surface area (Å²) in [5.74, 6) is 1.30. The molecule has 4 N–H and O–H groups in total. The van der Waals surface area contributed by atoms with Gasteiger partial charge in [0.2, 0.25) is 0 Å². The molecular formula is C21H27N2O6P. The Morgan fingerprint density at radius 1 is 1.13 bits per heavy atom. The SMILES string of the molecule is Nc1cc(CNC(=O)OP(=O)(O)Oc2ccccc2)ccc1OCC1CCCCC1. The Morgan fingerprint density at radius 2 is 1.87 bits per heavy atom. The molecule has 1 unspecified atom stereocenters. The summed E-state index contributed by atoms with van der Waals surface area (Å²) in [5, 5.41) is 2.40. The third kappa shape index (κ3) is 6.97. The summed E-state index contributed by atoms with van der Waals surface area (Å²) in [7, 11) is -4.59. The van der Waals surface area contributed by atoms with Crippen molar-refractivity contribution in [1.29, 1.82) is 0 Å². The Kier molecular flexibility index (Phi) is 7.60. The van der Waals surface area contributed by atoms with E-state index in [9.17, 15) is 14.3 Å². The van der Waals surface area contributed by atoms with Gasteiger partial charge in [0.1, 0.15) is 11.5 Å². The smallest absolute Gasteiger partial charge is 0.491 e. The lowest BCUT2D eigenvalue weighted by molar-refractivity contribution is 0.178. The van der Waals surface area contributed by atoms with Gasteiger partial charge in [-0.2, -0.15) is 0 Å². The number of benzene rings is 2. The third-order valence-electron chi connectivity index (χ3n) is 4.87. The number of hydrogen-bond donors (Lipinski definition) is 3. The van der Waals surface area contributed by atoms with Crippen LogP contribution in [-0.2, 0) is 15.6 Å². The van der Waals surface area contributed by atoms with Crippen molar-refractivity contribution in [1.82, 2.24) is 5.32 Å². The van der Waals surface area contributed by atoms with Crippen molar-refractivity contribution in [3.63, 3.8) is 0 Å². The van der Waals surface area contributed by atoms with Crippen LogP contribution in [0.25, 0.3) is 0 Å². The first kappa shape index (κ1) is 22.0. The van der Waals surface area contributed by atoms with Crippen molar-refractivity contribution in [2.45, 2.75) is 38.6 Å². The Bertz CT molecular complexity index is 886. The second-order valence-electron chi connectivity index (χ2n) is 7.29. The fourth-order valence-corrected chi connectivity index (χ4v) is 4.04. The predicted molar refractivity (Wildman–Crippen MR) is 113 cm³/mol. The van der Waals surface area contributed by atoms with Crippen molar-refractivity contribution in [2.24, 2.45) is 5.92 Å². The van der Waals surface area contributed by atoms with Crippen LogP contribution in [0.1, 0.15) is 37.7 Å². The molecule has 2 aromatic rings. The Morgan fingerprint density at radius 3 is 2.57 bits per heavy atom. The molecule has 2 aromatic carbocycles. The molecule has 0 heterocycles. The van der Waals surface area contributed by atoms with Gasteiger partial charge >= 0.3 is 13.9 Å². The number of carbonyl (C=O) groups is 1. The normalized spacial score (nSPS) is 16.3. The van der Waals surface area contributed by atoms with Gasteiger partial charge in [0.25, 0.3) is 0 Å². The van der Waals surface area contributed by atoms with Crippen LogP contribution in [0, 0.1) is 5.92 Å². The number of anilines is 1. The molecule has 1 aliphatic rings. The third-order valence-corrected chi connectivity index (χ3v) is 5.71. The van der Waals surface area contributed by atoms with E-state index in [2.05, 4.69) is 9.84 Å². The largest absolute Gasteiger partial charge is 0.588 e. The maximum atomic E-state index is 11.9. The summed E-state index contributed by atoms with van der Waals surface area (Å²) in [4.78, 5) is 21.5. The fourth-order valence-electron chi connectivity index (χ4n) is 3.35. The number of amides is 1. The van der Waals surface area contributed by atoms with Gasteiger partial charge < -0.3 is 24.8 Å². The molecule has 1 atom stereocenters. The standard InChI is InChI=1S/C21H27N2O6P/c22-19-13-17(11-12-20(19)27-15-16-7-3-1-4-8-16)14-23-21(24)29-30(25,26)28-18-9-5-2-6-10-18/h2,5-6,9-13,16H,1,3-4,7-8,14-15,22H2,(H,23,24)(H,25,26). The first-order valence-corrected chi connectivity index (χ1v) is 11.5. The molecular weight excluding hydrogens is 407 g/mol. The summed E-state index contributed by atoms with van der Waals surface area (Å²) < 4.78 is 27.1. The lowest BCUT2D eigenvalue weighted by Gasteiger charge is -2.22. The molecule has 0 spiro atoms. The number of hydrogen-bond acceptors (Lipinski definition) is 6. The monoisotopic (exact) mass is 434 g/mol. The van der Waals surface area contributed by atoms with Gasteiger partial charge in [-0.1, -0.05) is 43.5 Å². The first-order valence-electron chi connectivity index (χ1n) is 9.97. The van der Waals surface area contributed by atoms with Gasteiger partial charge in [-0.3, -0.25) is 4.89 Å². The van der Waals surface area contributed by atoms with Crippen molar-refractivity contribution in [3.05, 3.63) is 54.1 Å². The molecule has 0 saturated heterocycles. The average Bonchev–Trinajstić information content (AvgIpc) is 2.72. The molecule has 0 aromatic heterocycles. The van der Waals surface area contributed by atoms with E-state index in [0.29, 0.717) is 29.5 Å². The molecule has 0 aliphatic heterocycles. The Balaban J connectivity index is 1.46. The summed E-state index contributed by atoms with van der Waals surface area (Å²) in [5.41, 5.74) is 7.23. The minimum Gasteiger partial charge on any atom is -0.491 e. The van der Waals surface area contributed by atoms with Crippen LogP contribution in [0.2, 0.25) is 0 Å². The number of nitrogens with two attached hydrogens (primary N) is 1. The minimum absolute atomic E-state index is 0.0667. The lowest BCUT2D eigenvalue weighted by Crippen LogP contribution is -2.23. The second-order valence-corrected chi connectivity index (χ2v) is 8.59. The number of carbonyl (C=O) groups excluding carboxylic acids is 1. The maximum absolute atomic E-state index is 11.9. The van der Waals surface area contributed by atoms with Crippen LogP contribution in [0.15, 0.2) is 48.5 Å². The number of nitrogens with one attached hydrogen (secondary N) is 1. The number of phosphoric ester groups is 1. The average molecular weight is 434 g/mol. The van der Waals surface area contributed by atoms with E-state index in [-0.39, 0.29) is 12.3 Å². The quantitative estimate of drug-likeness (QED) is 0.409. The molecule has 1 amide bonds. The summed E-state index contributed by atoms with van der Waals surface area (Å²) in [6.45, 7) is 0.721. The topological polar surface area (TPSA) is 120 Å². The molecule has 1 saturated carbocycles. The van der Waals surface area contributed by atoms with Crippen LogP contribution >= 0.6 is 7.82 Å². The van der Waals surface area contributed by atoms with E-state index < -0.39 is 13.9 Å². The molecule has 0 radical (unpaired) electrons. The van der Waals surface area contributed by atoms with Crippen LogP contribution in [-0.4, -0.2) is 17.6 Å². The van der Waals surface area contributed by atoms with Crippen LogP contribution in [0.3, 0.4) is 0 Å². The minimum atomic E-state index is -4.59. The highest BCUT2D eigenvalue weighted by atomic mass is 31.2. The van der Waals surface area contributed by atoms with Crippen LogP contribution in [0.4, 0.5) is 10.5 Å². The van der Waals surface area contributed by atoms with Gasteiger partial charge in [0, 0.05) is 6.54 Å². The lowest BCUT2D eigenvalue weighted by atomic mass is 9.90. The van der Waals surface area contributed by atoms with E-state index in [1.165, 1.54) is 44.2 Å². The summed E-state index contributed by atoms with van der Waals surface area (Å²) in [6.07, 6.45) is 5.10. The number of nitrogen functional groups attached to an aromatic ring is 1. The number of rotatable bonds is 8. The van der Waals surface area contributed by atoms with E-state index in [1.807, 2.05) is 0 Å². The van der Waals surface area contributed by atoms with Crippen molar-refractivity contribution in [2.75, 3.05) is 12.3 Å². The number of phosphoric acid groups is 1. The van der Waals surface area contributed by atoms with E-state index in [4.69, 9.17) is 15.0 Å². The molecule has 1 aliphatic carbocycles. The van der Waals surface area contributed by atoms with Gasteiger partial charge in [-0.05, 0) is 48.6 Å². The number of ether oxygens (including phenoxy) is 1. The van der Waals surface area contributed by atoms with E-state index >= 15 is 0 Å². The molecule has 0 bridgehead atoms. The second kappa shape index (κ2) is 10.4. The molecule has 8 nitrogen and oxygen atoms in total. The highest BCUT2D eigenvalue weighted by Crippen LogP contribution is 2.43. The van der Waals surface area contributed by atoms with Gasteiger partial charge in [0.05, 0.1) is 12.3 Å². The van der Waals surface area contributed by atoms with Crippen LogP contribution in [0.5, 0.6) is 11.5 Å². The summed E-state index contributed by atoms with van der Waals surface area (Å²) >= 11 is 0. The van der Waals surface area contributed by atoms with Gasteiger partial charge in [0.15, 0.2) is 0 Å². The zero-order valence-electron chi connectivity index (χ0n) is 16.7. The highest BCUT2D eigenvalue weighted by Gasteiger charge is 2.28. The molecule has 9 heteroatoms. The fraction of sp³-hybridized carbons (Fsp3) is 0.381. The molecule has 3 rings (SSSR count). The molecule has 1 fully saturated rings. The van der Waals surface area contributed by atoms with Gasteiger partial charge in [-0.15, -0.1) is 0 Å². The van der Waals surface area contributed by atoms with Gasteiger partial charge in [-0.25, -0.2) is 9.36 Å². The van der Waals surface area contributed by atoms with Crippen LogP contribution < -0.4 is 20.3 Å². The maximum Gasteiger partial charge on any atom is 0.588 e. The Labute approximate surface area is 176 Å². The predicted octanol–water partition coefficient (Wildman–Crippen LogP) is 4.63. The number of para-hydroxylation sites is 1. The Hall–Kier alpha value is -2.70. The van der Waals surface area contributed by atoms with E-state index in [1.54, 1.807) is 36.4 Å². The zero-order valence-corrected chi connectivity index (χ0v) is 17.6.